The van der Waals surface area contributed by atoms with Gasteiger partial charge in [-0.15, -0.1) is 10.2 Å². The van der Waals surface area contributed by atoms with Gasteiger partial charge in [-0.2, -0.15) is 5.10 Å². The minimum absolute atomic E-state index is 0.117. The lowest BCUT2D eigenvalue weighted by Crippen LogP contribution is -2.26. The van der Waals surface area contributed by atoms with E-state index < -0.39 is 0 Å². The normalized spacial score (nSPS) is 15.1. The van der Waals surface area contributed by atoms with Crippen LogP contribution in [0.15, 0.2) is 43.0 Å². The van der Waals surface area contributed by atoms with E-state index in [4.69, 9.17) is 0 Å². The Morgan fingerprint density at radius 2 is 2.12 bits per heavy atom. The topological polar surface area (TPSA) is 88.5 Å². The first kappa shape index (κ1) is 16.5. The zero-order valence-electron chi connectivity index (χ0n) is 14.6. The molecule has 0 unspecified atom stereocenters. The number of nitrogens with zero attached hydrogens (tertiary/aromatic N) is 4. The largest absolute Gasteiger partial charge is 0.345 e. The SMILES string of the molecule is O=C(NCc1nncn1C1CCCCC1)c1cccc(-c2cn[nH]c2)c1. The summed E-state index contributed by atoms with van der Waals surface area (Å²) in [5.74, 6) is 0.699. The van der Waals surface area contributed by atoms with Crippen molar-refractivity contribution < 1.29 is 4.79 Å². The molecule has 134 valence electrons. The van der Waals surface area contributed by atoms with Crippen molar-refractivity contribution in [2.45, 2.75) is 44.7 Å². The van der Waals surface area contributed by atoms with Crippen molar-refractivity contribution in [3.05, 3.63) is 54.4 Å². The van der Waals surface area contributed by atoms with Crippen LogP contribution in [0.25, 0.3) is 11.1 Å². The minimum atomic E-state index is -0.117. The number of rotatable bonds is 5. The average Bonchev–Trinajstić information content (AvgIpc) is 3.39. The van der Waals surface area contributed by atoms with Gasteiger partial charge in [0.25, 0.3) is 5.91 Å². The van der Waals surface area contributed by atoms with E-state index in [0.717, 1.165) is 29.8 Å². The van der Waals surface area contributed by atoms with Crippen LogP contribution < -0.4 is 5.32 Å². The smallest absolute Gasteiger partial charge is 0.251 e. The maximum Gasteiger partial charge on any atom is 0.251 e. The predicted molar refractivity (Wildman–Crippen MR) is 97.3 cm³/mol. The highest BCUT2D eigenvalue weighted by Crippen LogP contribution is 2.28. The van der Waals surface area contributed by atoms with Gasteiger partial charge in [0.05, 0.1) is 12.7 Å². The predicted octanol–water partition coefficient (Wildman–Crippen LogP) is 3.10. The van der Waals surface area contributed by atoms with E-state index >= 15 is 0 Å². The van der Waals surface area contributed by atoms with Gasteiger partial charge < -0.3 is 9.88 Å². The van der Waals surface area contributed by atoms with Gasteiger partial charge in [0.1, 0.15) is 6.33 Å². The number of carbonyl (C=O) groups excluding carboxylic acids is 1. The van der Waals surface area contributed by atoms with Crippen molar-refractivity contribution >= 4 is 5.91 Å². The van der Waals surface area contributed by atoms with Crippen LogP contribution in [0, 0.1) is 0 Å². The number of carbonyl (C=O) groups is 1. The number of nitrogens with one attached hydrogen (secondary N) is 2. The third-order valence-electron chi connectivity index (χ3n) is 4.98. The third kappa shape index (κ3) is 3.51. The summed E-state index contributed by atoms with van der Waals surface area (Å²) in [7, 11) is 0. The molecule has 1 aromatic carbocycles. The molecule has 1 aliphatic rings. The monoisotopic (exact) mass is 350 g/mol. The first-order valence-electron chi connectivity index (χ1n) is 9.07. The number of amides is 1. The Hall–Kier alpha value is -2.96. The van der Waals surface area contributed by atoms with Gasteiger partial charge in [-0.1, -0.05) is 31.4 Å². The summed E-state index contributed by atoms with van der Waals surface area (Å²) >= 11 is 0. The molecule has 7 heteroatoms. The fourth-order valence-electron chi connectivity index (χ4n) is 3.57. The molecule has 3 aromatic rings. The Morgan fingerprint density at radius 1 is 1.23 bits per heavy atom. The van der Waals surface area contributed by atoms with Crippen LogP contribution in [0.3, 0.4) is 0 Å². The summed E-state index contributed by atoms with van der Waals surface area (Å²) in [5, 5.41) is 18.0. The average molecular weight is 350 g/mol. The lowest BCUT2D eigenvalue weighted by molar-refractivity contribution is 0.0949. The Balaban J connectivity index is 1.43. The summed E-state index contributed by atoms with van der Waals surface area (Å²) in [6.45, 7) is 0.380. The molecule has 0 spiro atoms. The van der Waals surface area contributed by atoms with E-state index in [2.05, 4.69) is 30.3 Å². The van der Waals surface area contributed by atoms with Crippen LogP contribution in [0.5, 0.6) is 0 Å². The summed E-state index contributed by atoms with van der Waals surface area (Å²) in [5.41, 5.74) is 2.53. The van der Waals surface area contributed by atoms with Gasteiger partial charge in [0, 0.05) is 23.4 Å². The standard InChI is InChI=1S/C19H22N6O/c26-19(15-6-4-5-14(9-15)16-10-21-22-11-16)20-12-18-24-23-13-25(18)17-7-2-1-3-8-17/h4-6,9-11,13,17H,1-3,7-8,12H2,(H,20,26)(H,21,22). The molecule has 2 aromatic heterocycles. The maximum absolute atomic E-state index is 12.6. The van der Waals surface area contributed by atoms with E-state index in [1.54, 1.807) is 12.5 Å². The molecule has 2 N–H and O–H groups in total. The second-order valence-electron chi connectivity index (χ2n) is 6.70. The molecule has 1 aliphatic carbocycles. The highest BCUT2D eigenvalue weighted by Gasteiger charge is 2.19. The number of H-pyrrole nitrogens is 1. The molecule has 0 aliphatic heterocycles. The number of aromatic nitrogens is 5. The zero-order chi connectivity index (χ0) is 17.8. The Bertz CT molecular complexity index is 864. The van der Waals surface area contributed by atoms with Crippen molar-refractivity contribution in [2.24, 2.45) is 0 Å². The first-order chi connectivity index (χ1) is 12.8. The van der Waals surface area contributed by atoms with Crippen LogP contribution in [-0.2, 0) is 6.54 Å². The van der Waals surface area contributed by atoms with Crippen LogP contribution in [0.2, 0.25) is 0 Å². The van der Waals surface area contributed by atoms with Gasteiger partial charge in [0.15, 0.2) is 5.82 Å². The number of hydrogen-bond acceptors (Lipinski definition) is 4. The van der Waals surface area contributed by atoms with Gasteiger partial charge in [-0.25, -0.2) is 0 Å². The maximum atomic E-state index is 12.6. The van der Waals surface area contributed by atoms with E-state index in [0.29, 0.717) is 18.2 Å². The fourth-order valence-corrected chi connectivity index (χ4v) is 3.57. The Morgan fingerprint density at radius 3 is 2.92 bits per heavy atom. The molecule has 7 nitrogen and oxygen atoms in total. The molecule has 1 amide bonds. The molecule has 0 radical (unpaired) electrons. The molecule has 0 saturated heterocycles. The zero-order valence-corrected chi connectivity index (χ0v) is 14.6. The van der Waals surface area contributed by atoms with E-state index in [-0.39, 0.29) is 5.91 Å². The quantitative estimate of drug-likeness (QED) is 0.740. The number of aromatic amines is 1. The molecule has 26 heavy (non-hydrogen) atoms. The van der Waals surface area contributed by atoms with Crippen molar-refractivity contribution in [3.63, 3.8) is 0 Å². The summed E-state index contributed by atoms with van der Waals surface area (Å²) in [6.07, 6.45) is 11.4. The van der Waals surface area contributed by atoms with Gasteiger partial charge in [-0.05, 0) is 30.5 Å². The summed E-state index contributed by atoms with van der Waals surface area (Å²) in [4.78, 5) is 12.6. The molecular formula is C19H22N6O. The highest BCUT2D eigenvalue weighted by molar-refractivity contribution is 5.95. The van der Waals surface area contributed by atoms with Crippen molar-refractivity contribution in [2.75, 3.05) is 0 Å². The molecule has 4 rings (SSSR count). The van der Waals surface area contributed by atoms with E-state index in [1.165, 1.54) is 19.3 Å². The molecule has 0 atom stereocenters. The van der Waals surface area contributed by atoms with E-state index in [9.17, 15) is 4.79 Å². The Labute approximate surface area is 151 Å². The Kier molecular flexibility index (Phi) is 4.77. The van der Waals surface area contributed by atoms with Crippen LogP contribution in [0.4, 0.5) is 0 Å². The van der Waals surface area contributed by atoms with Crippen LogP contribution >= 0.6 is 0 Å². The van der Waals surface area contributed by atoms with Crippen molar-refractivity contribution in [1.29, 1.82) is 0 Å². The van der Waals surface area contributed by atoms with Crippen molar-refractivity contribution in [3.8, 4) is 11.1 Å². The lowest BCUT2D eigenvalue weighted by atomic mass is 9.95. The number of benzene rings is 1. The molecule has 1 saturated carbocycles. The molecule has 0 bridgehead atoms. The van der Waals surface area contributed by atoms with Crippen LogP contribution in [-0.4, -0.2) is 30.9 Å². The van der Waals surface area contributed by atoms with Crippen LogP contribution in [0.1, 0.15) is 54.3 Å². The number of hydrogen-bond donors (Lipinski definition) is 2. The lowest BCUT2D eigenvalue weighted by Gasteiger charge is -2.24. The second-order valence-corrected chi connectivity index (χ2v) is 6.70. The molecule has 1 fully saturated rings. The third-order valence-corrected chi connectivity index (χ3v) is 4.98. The summed E-state index contributed by atoms with van der Waals surface area (Å²) < 4.78 is 2.13. The van der Waals surface area contributed by atoms with Gasteiger partial charge in [-0.3, -0.25) is 9.89 Å². The van der Waals surface area contributed by atoms with E-state index in [1.807, 2.05) is 30.5 Å². The fraction of sp³-hybridized carbons (Fsp3) is 0.368. The minimum Gasteiger partial charge on any atom is -0.345 e. The second kappa shape index (κ2) is 7.51. The highest BCUT2D eigenvalue weighted by atomic mass is 16.1. The molecular weight excluding hydrogens is 328 g/mol. The van der Waals surface area contributed by atoms with Crippen molar-refractivity contribution in [1.82, 2.24) is 30.3 Å². The van der Waals surface area contributed by atoms with Gasteiger partial charge >= 0.3 is 0 Å². The molecule has 2 heterocycles. The first-order valence-corrected chi connectivity index (χ1v) is 9.07. The summed E-state index contributed by atoms with van der Waals surface area (Å²) in [6, 6.07) is 7.97. The van der Waals surface area contributed by atoms with Gasteiger partial charge in [0.2, 0.25) is 0 Å².